The highest BCUT2D eigenvalue weighted by atomic mass is 16.2. The molecule has 0 spiro atoms. The Morgan fingerprint density at radius 2 is 1.79 bits per heavy atom. The molecule has 0 atom stereocenters. The molecule has 6 nitrogen and oxygen atoms in total. The van der Waals surface area contributed by atoms with Crippen molar-refractivity contribution in [2.75, 3.05) is 45.2 Å². The van der Waals surface area contributed by atoms with Gasteiger partial charge in [-0.25, -0.2) is 0 Å². The van der Waals surface area contributed by atoms with Gasteiger partial charge >= 0.3 is 0 Å². The molecule has 1 aliphatic rings. The summed E-state index contributed by atoms with van der Waals surface area (Å²) < 4.78 is 0. The molecule has 1 aromatic rings. The third-order valence-corrected chi connectivity index (χ3v) is 5.07. The second-order valence-corrected chi connectivity index (χ2v) is 8.91. The summed E-state index contributed by atoms with van der Waals surface area (Å²) in [5, 5.41) is 6.20. The van der Waals surface area contributed by atoms with Gasteiger partial charge in [0.2, 0.25) is 5.91 Å². The predicted molar refractivity (Wildman–Crippen MR) is 115 cm³/mol. The van der Waals surface area contributed by atoms with E-state index in [2.05, 4.69) is 20.4 Å². The van der Waals surface area contributed by atoms with Crippen molar-refractivity contribution >= 4 is 17.5 Å². The molecule has 1 aliphatic heterocycles. The van der Waals surface area contributed by atoms with E-state index < -0.39 is 0 Å². The molecule has 2 amide bonds. The van der Waals surface area contributed by atoms with E-state index in [1.165, 1.54) is 0 Å². The Bertz CT molecular complexity index is 659. The van der Waals surface area contributed by atoms with Gasteiger partial charge in [-0.2, -0.15) is 0 Å². The number of para-hydroxylation sites is 1. The molecule has 0 unspecified atom stereocenters. The van der Waals surface area contributed by atoms with E-state index in [0.29, 0.717) is 6.54 Å². The first-order valence-electron chi connectivity index (χ1n) is 10.3. The first-order chi connectivity index (χ1) is 13.2. The van der Waals surface area contributed by atoms with E-state index in [1.807, 2.05) is 59.1 Å². The van der Waals surface area contributed by atoms with Crippen LogP contribution in [0, 0.1) is 5.41 Å². The van der Waals surface area contributed by atoms with Crippen molar-refractivity contribution in [3.05, 3.63) is 29.8 Å². The number of rotatable bonds is 7. The molecule has 6 heteroatoms. The maximum absolute atomic E-state index is 12.7. The van der Waals surface area contributed by atoms with Gasteiger partial charge in [0.1, 0.15) is 0 Å². The van der Waals surface area contributed by atoms with Crippen molar-refractivity contribution in [1.82, 2.24) is 15.5 Å². The van der Waals surface area contributed by atoms with Gasteiger partial charge in [0, 0.05) is 36.8 Å². The molecule has 0 bridgehead atoms. The summed E-state index contributed by atoms with van der Waals surface area (Å²) in [6.45, 7) is 9.10. The van der Waals surface area contributed by atoms with Crippen LogP contribution in [-0.2, 0) is 4.79 Å². The van der Waals surface area contributed by atoms with Crippen LogP contribution in [0.3, 0.4) is 0 Å². The molecule has 1 heterocycles. The highest BCUT2D eigenvalue weighted by molar-refractivity contribution is 5.99. The van der Waals surface area contributed by atoms with Gasteiger partial charge < -0.3 is 20.4 Å². The van der Waals surface area contributed by atoms with Crippen LogP contribution in [0.15, 0.2) is 24.3 Å². The Morgan fingerprint density at radius 3 is 2.39 bits per heavy atom. The van der Waals surface area contributed by atoms with Crippen LogP contribution in [-0.4, -0.2) is 63.0 Å². The summed E-state index contributed by atoms with van der Waals surface area (Å²) in [6.07, 6.45) is 2.71. The third kappa shape index (κ3) is 6.51. The van der Waals surface area contributed by atoms with Gasteiger partial charge in [-0.3, -0.25) is 9.59 Å². The summed E-state index contributed by atoms with van der Waals surface area (Å²) in [4.78, 5) is 29.3. The van der Waals surface area contributed by atoms with Crippen molar-refractivity contribution in [2.24, 2.45) is 5.41 Å². The zero-order valence-electron chi connectivity index (χ0n) is 18.0. The van der Waals surface area contributed by atoms with Crippen LogP contribution in [0.4, 0.5) is 5.69 Å². The lowest BCUT2D eigenvalue weighted by Gasteiger charge is -2.35. The van der Waals surface area contributed by atoms with E-state index in [1.54, 1.807) is 0 Å². The molecule has 1 saturated heterocycles. The minimum absolute atomic E-state index is 0.0162. The number of hydrogen-bond acceptors (Lipinski definition) is 4. The van der Waals surface area contributed by atoms with Crippen LogP contribution < -0.4 is 15.5 Å². The molecule has 156 valence electrons. The van der Waals surface area contributed by atoms with E-state index in [4.69, 9.17) is 0 Å². The number of amides is 2. The lowest BCUT2D eigenvalue weighted by Crippen LogP contribution is -2.48. The van der Waals surface area contributed by atoms with Crippen molar-refractivity contribution < 1.29 is 9.59 Å². The predicted octanol–water partition coefficient (Wildman–Crippen LogP) is 2.50. The minimum atomic E-state index is -0.367. The molecule has 1 aromatic carbocycles. The molecular weight excluding hydrogens is 352 g/mol. The van der Waals surface area contributed by atoms with Crippen molar-refractivity contribution in [1.29, 1.82) is 0 Å². The van der Waals surface area contributed by atoms with Crippen LogP contribution in [0.2, 0.25) is 0 Å². The van der Waals surface area contributed by atoms with Gasteiger partial charge in [0.25, 0.3) is 5.91 Å². The molecule has 28 heavy (non-hydrogen) atoms. The lowest BCUT2D eigenvalue weighted by atomic mass is 9.94. The van der Waals surface area contributed by atoms with Crippen molar-refractivity contribution in [2.45, 2.75) is 46.1 Å². The number of carbonyl (C=O) groups excluding carboxylic acids is 2. The zero-order chi connectivity index (χ0) is 20.7. The van der Waals surface area contributed by atoms with E-state index in [9.17, 15) is 9.59 Å². The van der Waals surface area contributed by atoms with Gasteiger partial charge in [-0.05, 0) is 52.0 Å². The fourth-order valence-corrected chi connectivity index (χ4v) is 3.30. The smallest absolute Gasteiger partial charge is 0.253 e. The lowest BCUT2D eigenvalue weighted by molar-refractivity contribution is -0.129. The van der Waals surface area contributed by atoms with Gasteiger partial charge in [0.05, 0.1) is 5.56 Å². The molecule has 0 saturated carbocycles. The molecule has 0 radical (unpaired) electrons. The van der Waals surface area contributed by atoms with Crippen molar-refractivity contribution in [3.8, 4) is 0 Å². The Hall–Kier alpha value is -2.08. The standard InChI is InChI=1S/C22H36N4O2/c1-22(2,3)21(28)24-17-11-15-26(16-12-17)19-10-7-6-9-18(19)20(27)23-13-8-14-25(4)5/h6-7,9-10,17H,8,11-16H2,1-5H3,(H,23,27)(H,24,28). The summed E-state index contributed by atoms with van der Waals surface area (Å²) >= 11 is 0. The number of hydrogen-bond donors (Lipinski definition) is 2. The monoisotopic (exact) mass is 388 g/mol. The topological polar surface area (TPSA) is 64.7 Å². The summed E-state index contributed by atoms with van der Waals surface area (Å²) in [6, 6.07) is 8.00. The van der Waals surface area contributed by atoms with Crippen LogP contribution >= 0.6 is 0 Å². The Balaban J connectivity index is 1.92. The van der Waals surface area contributed by atoms with Crippen LogP contribution in [0.5, 0.6) is 0 Å². The molecule has 0 aliphatic carbocycles. The minimum Gasteiger partial charge on any atom is -0.371 e. The zero-order valence-corrected chi connectivity index (χ0v) is 18.0. The maximum atomic E-state index is 12.7. The summed E-state index contributed by atoms with van der Waals surface area (Å²) in [5.74, 6) is 0.0842. The average Bonchev–Trinajstić information content (AvgIpc) is 2.65. The first kappa shape index (κ1) is 22.2. The van der Waals surface area contributed by atoms with E-state index >= 15 is 0 Å². The molecule has 1 fully saturated rings. The Kier molecular flexibility index (Phi) is 7.87. The number of nitrogens with zero attached hydrogens (tertiary/aromatic N) is 2. The number of carbonyl (C=O) groups is 2. The normalized spacial score (nSPS) is 15.6. The SMILES string of the molecule is CN(C)CCCNC(=O)c1ccccc1N1CCC(NC(=O)C(C)(C)C)CC1. The highest BCUT2D eigenvalue weighted by Gasteiger charge is 2.27. The van der Waals surface area contributed by atoms with Gasteiger partial charge in [0.15, 0.2) is 0 Å². The van der Waals surface area contributed by atoms with Crippen LogP contribution in [0.1, 0.15) is 50.4 Å². The maximum Gasteiger partial charge on any atom is 0.253 e. The largest absolute Gasteiger partial charge is 0.371 e. The average molecular weight is 389 g/mol. The molecule has 2 rings (SSSR count). The Labute approximate surface area is 169 Å². The summed E-state index contributed by atoms with van der Waals surface area (Å²) in [7, 11) is 4.06. The summed E-state index contributed by atoms with van der Waals surface area (Å²) in [5.41, 5.74) is 1.34. The first-order valence-corrected chi connectivity index (χ1v) is 10.3. The second-order valence-electron chi connectivity index (χ2n) is 8.91. The van der Waals surface area contributed by atoms with Crippen molar-refractivity contribution in [3.63, 3.8) is 0 Å². The Morgan fingerprint density at radius 1 is 1.14 bits per heavy atom. The quantitative estimate of drug-likeness (QED) is 0.705. The number of benzene rings is 1. The second kappa shape index (κ2) is 9.92. The fraction of sp³-hybridized carbons (Fsp3) is 0.636. The molecule has 2 N–H and O–H groups in total. The van der Waals surface area contributed by atoms with Gasteiger partial charge in [-0.15, -0.1) is 0 Å². The fourth-order valence-electron chi connectivity index (χ4n) is 3.30. The highest BCUT2D eigenvalue weighted by Crippen LogP contribution is 2.25. The third-order valence-electron chi connectivity index (χ3n) is 5.07. The number of nitrogens with one attached hydrogen (secondary N) is 2. The molecule has 0 aromatic heterocycles. The van der Waals surface area contributed by atoms with E-state index in [0.717, 1.165) is 50.1 Å². The van der Waals surface area contributed by atoms with Crippen LogP contribution in [0.25, 0.3) is 0 Å². The molecular formula is C22H36N4O2. The van der Waals surface area contributed by atoms with Gasteiger partial charge in [-0.1, -0.05) is 32.9 Å². The van der Waals surface area contributed by atoms with E-state index in [-0.39, 0.29) is 23.3 Å². The number of anilines is 1. The number of piperidine rings is 1.